The molecule has 2 aliphatic rings. The number of rotatable bonds is 3. The number of hydrogen-bond donors (Lipinski definition) is 0. The highest BCUT2D eigenvalue weighted by Crippen LogP contribution is 2.46. The van der Waals surface area contributed by atoms with Crippen LogP contribution in [-0.2, 0) is 18.6 Å². The second kappa shape index (κ2) is 5.85. The van der Waals surface area contributed by atoms with Crippen LogP contribution in [0.3, 0.4) is 0 Å². The minimum absolute atomic E-state index is 0.164. The Morgan fingerprint density at radius 2 is 0.920 bits per heavy atom. The Balaban J connectivity index is 1.96. The summed E-state index contributed by atoms with van der Waals surface area (Å²) in [6.07, 6.45) is 0. The lowest BCUT2D eigenvalue weighted by atomic mass is 9.49. The van der Waals surface area contributed by atoms with E-state index in [1.54, 1.807) is 0 Å². The van der Waals surface area contributed by atoms with E-state index < -0.39 is 36.6 Å². The summed E-state index contributed by atoms with van der Waals surface area (Å²) in [4.78, 5) is 0. The zero-order valence-corrected chi connectivity index (χ0v) is 16.8. The zero-order chi connectivity index (χ0) is 18.7. The van der Waals surface area contributed by atoms with Crippen LogP contribution in [-0.4, -0.2) is 36.6 Å². The van der Waals surface area contributed by atoms with E-state index in [0.29, 0.717) is 0 Å². The molecule has 0 bridgehead atoms. The molecular formula is C19H30B2O4. The van der Waals surface area contributed by atoms with Crippen molar-refractivity contribution in [2.75, 3.05) is 0 Å². The summed E-state index contributed by atoms with van der Waals surface area (Å²) in [6.45, 7) is 16.5. The van der Waals surface area contributed by atoms with Gasteiger partial charge in [0.15, 0.2) is 0 Å². The lowest BCUT2D eigenvalue weighted by Gasteiger charge is -2.32. The van der Waals surface area contributed by atoms with Crippen molar-refractivity contribution in [1.82, 2.24) is 0 Å². The maximum absolute atomic E-state index is 6.35. The lowest BCUT2D eigenvalue weighted by molar-refractivity contribution is 0.00578. The quantitative estimate of drug-likeness (QED) is 0.776. The molecule has 6 heteroatoms. The monoisotopic (exact) mass is 344 g/mol. The van der Waals surface area contributed by atoms with E-state index >= 15 is 0 Å². The van der Waals surface area contributed by atoms with Crippen molar-refractivity contribution in [2.24, 2.45) is 0 Å². The minimum Gasteiger partial charge on any atom is -0.403 e. The van der Waals surface area contributed by atoms with E-state index in [-0.39, 0.29) is 5.72 Å². The summed E-state index contributed by atoms with van der Waals surface area (Å²) in [5.74, 6) is 0. The molecule has 25 heavy (non-hydrogen) atoms. The molecule has 0 aliphatic carbocycles. The van der Waals surface area contributed by atoms with E-state index in [1.807, 2.05) is 18.2 Å². The van der Waals surface area contributed by atoms with Gasteiger partial charge in [0, 0.05) is 0 Å². The lowest BCUT2D eigenvalue weighted by Crippen LogP contribution is -2.41. The van der Waals surface area contributed by atoms with E-state index in [4.69, 9.17) is 18.6 Å². The molecular weight excluding hydrogens is 314 g/mol. The Labute approximate surface area is 152 Å². The first-order chi connectivity index (χ1) is 11.4. The molecule has 1 aromatic carbocycles. The molecule has 0 amide bonds. The maximum atomic E-state index is 6.35. The average Bonchev–Trinajstić information content (AvgIpc) is 2.79. The Bertz CT molecular complexity index is 560. The molecule has 0 spiro atoms. The predicted molar refractivity (Wildman–Crippen MR) is 101 cm³/mol. The highest BCUT2D eigenvalue weighted by molar-refractivity contribution is 6.68. The van der Waals surface area contributed by atoms with Crippen LogP contribution < -0.4 is 0 Å². The SMILES string of the molecule is CC1(C)OB(C(B2OC(C)(C)C(C)(C)O2)c2ccccc2)OC1(C)C. The molecule has 0 N–H and O–H groups in total. The first kappa shape index (κ1) is 19.0. The third-order valence-electron chi connectivity index (χ3n) is 6.31. The molecule has 2 fully saturated rings. The molecule has 0 radical (unpaired) electrons. The van der Waals surface area contributed by atoms with Crippen molar-refractivity contribution in [3.63, 3.8) is 0 Å². The first-order valence-corrected chi connectivity index (χ1v) is 9.13. The van der Waals surface area contributed by atoms with Crippen LogP contribution in [0.5, 0.6) is 0 Å². The molecule has 0 aromatic heterocycles. The Kier molecular flexibility index (Phi) is 4.44. The van der Waals surface area contributed by atoms with E-state index in [1.165, 1.54) is 0 Å². The summed E-state index contributed by atoms with van der Waals surface area (Å²) in [7, 11) is -0.857. The fourth-order valence-corrected chi connectivity index (χ4v) is 3.19. The topological polar surface area (TPSA) is 36.9 Å². The third kappa shape index (κ3) is 3.18. The van der Waals surface area contributed by atoms with Crippen LogP contribution >= 0.6 is 0 Å². The predicted octanol–water partition coefficient (Wildman–Crippen LogP) is 4.03. The summed E-state index contributed by atoms with van der Waals surface area (Å²) in [5, 5.41) is 0. The summed E-state index contributed by atoms with van der Waals surface area (Å²) >= 11 is 0. The summed E-state index contributed by atoms with van der Waals surface area (Å²) in [6, 6.07) is 10.2. The van der Waals surface area contributed by atoms with Gasteiger partial charge in [-0.15, -0.1) is 0 Å². The van der Waals surface area contributed by atoms with E-state index in [0.717, 1.165) is 5.56 Å². The standard InChI is InChI=1S/C19H30B2O4/c1-16(2)17(3,4)23-20(22-16)15(14-12-10-9-11-13-14)21-24-18(5,6)19(7,8)25-21/h9-13,15H,1-8H3. The van der Waals surface area contributed by atoms with Crippen molar-refractivity contribution in [3.8, 4) is 0 Å². The van der Waals surface area contributed by atoms with Crippen LogP contribution in [0.1, 0.15) is 66.7 Å². The average molecular weight is 344 g/mol. The van der Waals surface area contributed by atoms with Crippen molar-refractivity contribution >= 4 is 14.2 Å². The van der Waals surface area contributed by atoms with Gasteiger partial charge < -0.3 is 18.6 Å². The van der Waals surface area contributed by atoms with Gasteiger partial charge in [0.2, 0.25) is 0 Å². The molecule has 2 heterocycles. The Morgan fingerprint density at radius 3 is 1.24 bits per heavy atom. The van der Waals surface area contributed by atoms with E-state index in [2.05, 4.69) is 67.5 Å². The molecule has 0 saturated carbocycles. The second-order valence-electron chi connectivity index (χ2n) is 9.19. The number of hydrogen-bond acceptors (Lipinski definition) is 4. The van der Waals surface area contributed by atoms with Crippen LogP contribution in [0.15, 0.2) is 30.3 Å². The van der Waals surface area contributed by atoms with Gasteiger partial charge in [0.05, 0.1) is 28.1 Å². The van der Waals surface area contributed by atoms with Gasteiger partial charge in [0.25, 0.3) is 0 Å². The second-order valence-corrected chi connectivity index (χ2v) is 9.19. The fourth-order valence-electron chi connectivity index (χ4n) is 3.19. The highest BCUT2D eigenvalue weighted by atomic mass is 16.7. The molecule has 3 rings (SSSR count). The molecule has 0 atom stereocenters. The van der Waals surface area contributed by atoms with Crippen molar-refractivity contribution < 1.29 is 18.6 Å². The molecule has 1 aromatic rings. The van der Waals surface area contributed by atoms with Crippen molar-refractivity contribution in [1.29, 1.82) is 0 Å². The first-order valence-electron chi connectivity index (χ1n) is 9.13. The van der Waals surface area contributed by atoms with Crippen molar-refractivity contribution in [3.05, 3.63) is 35.9 Å². The van der Waals surface area contributed by atoms with Gasteiger partial charge in [0.1, 0.15) is 0 Å². The normalized spacial score (nSPS) is 26.4. The van der Waals surface area contributed by atoms with Crippen molar-refractivity contribution in [2.45, 2.75) is 83.5 Å². The maximum Gasteiger partial charge on any atom is 0.463 e. The van der Waals surface area contributed by atoms with Gasteiger partial charge in [-0.05, 0) is 61.0 Å². The molecule has 136 valence electrons. The van der Waals surface area contributed by atoms with Crippen LogP contribution in [0, 0.1) is 0 Å². The third-order valence-corrected chi connectivity index (χ3v) is 6.31. The molecule has 4 nitrogen and oxygen atoms in total. The van der Waals surface area contributed by atoms with Gasteiger partial charge >= 0.3 is 14.2 Å². The molecule has 2 saturated heterocycles. The molecule has 2 aliphatic heterocycles. The summed E-state index contributed by atoms with van der Waals surface area (Å²) < 4.78 is 25.4. The van der Waals surface area contributed by atoms with E-state index in [9.17, 15) is 0 Å². The smallest absolute Gasteiger partial charge is 0.403 e. The Morgan fingerprint density at radius 1 is 0.600 bits per heavy atom. The fraction of sp³-hybridized carbons (Fsp3) is 0.684. The van der Waals surface area contributed by atoms with Crippen LogP contribution in [0.25, 0.3) is 0 Å². The van der Waals surface area contributed by atoms with Crippen LogP contribution in [0.2, 0.25) is 0 Å². The van der Waals surface area contributed by atoms with Gasteiger partial charge in [-0.25, -0.2) is 0 Å². The number of benzene rings is 1. The Hall–Kier alpha value is -0.810. The van der Waals surface area contributed by atoms with Gasteiger partial charge in [-0.2, -0.15) is 0 Å². The zero-order valence-electron chi connectivity index (χ0n) is 16.8. The van der Waals surface area contributed by atoms with Gasteiger partial charge in [-0.1, -0.05) is 30.3 Å². The minimum atomic E-state index is -0.429. The largest absolute Gasteiger partial charge is 0.463 e. The molecule has 0 unspecified atom stereocenters. The van der Waals surface area contributed by atoms with Crippen LogP contribution in [0.4, 0.5) is 0 Å². The highest BCUT2D eigenvalue weighted by Gasteiger charge is 2.62. The summed E-state index contributed by atoms with van der Waals surface area (Å²) in [5.41, 5.74) is -0.645. The van der Waals surface area contributed by atoms with Gasteiger partial charge in [-0.3, -0.25) is 0 Å².